The van der Waals surface area contributed by atoms with Crippen molar-refractivity contribution in [3.8, 4) is 23.1 Å². The van der Waals surface area contributed by atoms with Crippen LogP contribution in [0.1, 0.15) is 53.2 Å². The normalized spacial score (nSPS) is 17.1. The van der Waals surface area contributed by atoms with Crippen LogP contribution in [-0.4, -0.2) is 38.4 Å². The van der Waals surface area contributed by atoms with Gasteiger partial charge < -0.3 is 14.0 Å². The first-order valence-corrected chi connectivity index (χ1v) is 11.1. The lowest BCUT2D eigenvalue weighted by molar-refractivity contribution is 0.00578. The summed E-state index contributed by atoms with van der Waals surface area (Å²) in [5, 5.41) is 4.00. The summed E-state index contributed by atoms with van der Waals surface area (Å²) in [6.45, 7) is 12.0. The number of hydrogen-bond donors (Lipinski definition) is 1. The minimum absolute atomic E-state index is 0.0432. The summed E-state index contributed by atoms with van der Waals surface area (Å²) < 4.78 is 22.7. The fourth-order valence-corrected chi connectivity index (χ4v) is 3.85. The van der Waals surface area contributed by atoms with E-state index in [-0.39, 0.29) is 33.5 Å². The molecule has 1 saturated heterocycles. The van der Waals surface area contributed by atoms with Gasteiger partial charge in [0.2, 0.25) is 0 Å². The van der Waals surface area contributed by atoms with Crippen molar-refractivity contribution in [2.45, 2.75) is 58.7 Å². The third-order valence-corrected chi connectivity index (χ3v) is 6.35. The molecule has 9 nitrogen and oxygen atoms in total. The van der Waals surface area contributed by atoms with E-state index in [0.717, 1.165) is 11.2 Å². The van der Waals surface area contributed by atoms with Gasteiger partial charge in [-0.1, -0.05) is 42.2 Å². The number of aromatic amines is 1. The van der Waals surface area contributed by atoms with Gasteiger partial charge in [-0.3, -0.25) is 9.51 Å². The predicted octanol–water partition coefficient (Wildman–Crippen LogP) is 4.34. The van der Waals surface area contributed by atoms with Crippen molar-refractivity contribution in [1.82, 2.24) is 20.1 Å². The average Bonchev–Trinajstić information content (AvgIpc) is 3.24. The number of benzene rings is 1. The van der Waals surface area contributed by atoms with Gasteiger partial charge in [0.1, 0.15) is 0 Å². The van der Waals surface area contributed by atoms with Crippen LogP contribution in [0.3, 0.4) is 0 Å². The third-order valence-electron chi connectivity index (χ3n) is 5.79. The topological polar surface area (TPSA) is 112 Å². The molecule has 0 amide bonds. The Morgan fingerprint density at radius 1 is 1.09 bits per heavy atom. The Morgan fingerprint density at radius 2 is 1.70 bits per heavy atom. The fraction of sp³-hybridized carbons (Fsp3) is 0.429. The molecule has 3 aromatic rings. The first-order chi connectivity index (χ1) is 15.4. The van der Waals surface area contributed by atoms with Gasteiger partial charge in [-0.05, 0) is 45.7 Å². The molecule has 33 heavy (non-hydrogen) atoms. The molecule has 12 heteroatoms. The summed E-state index contributed by atoms with van der Waals surface area (Å²) in [7, 11) is -0.600. The molecule has 1 aliphatic heterocycles. The monoisotopic (exact) mass is 492 g/mol. The summed E-state index contributed by atoms with van der Waals surface area (Å²) in [4.78, 5) is 22.6. The van der Waals surface area contributed by atoms with Crippen LogP contribution in [0.15, 0.2) is 27.6 Å². The second kappa shape index (κ2) is 8.43. The number of nitrogens with zero attached hydrogens (tertiary/aromatic N) is 3. The maximum absolute atomic E-state index is 11.2. The number of halogens is 2. The van der Waals surface area contributed by atoms with E-state index in [1.54, 1.807) is 18.3 Å². The lowest BCUT2D eigenvalue weighted by Gasteiger charge is -2.32. The highest BCUT2D eigenvalue weighted by Crippen LogP contribution is 2.39. The fourth-order valence-electron chi connectivity index (χ4n) is 3.29. The molecule has 0 saturated carbocycles. The maximum Gasteiger partial charge on any atom is 0.498 e. The molecule has 0 aliphatic carbocycles. The average molecular weight is 493 g/mol. The molecular weight excluding hydrogens is 470 g/mol. The van der Waals surface area contributed by atoms with Crippen LogP contribution >= 0.6 is 23.2 Å². The van der Waals surface area contributed by atoms with Gasteiger partial charge in [0.15, 0.2) is 11.6 Å². The summed E-state index contributed by atoms with van der Waals surface area (Å²) in [6, 6.07) is 3.16. The van der Waals surface area contributed by atoms with Crippen molar-refractivity contribution >= 4 is 35.8 Å². The van der Waals surface area contributed by atoms with Crippen molar-refractivity contribution in [3.63, 3.8) is 0 Å². The molecule has 1 aromatic carbocycles. The van der Waals surface area contributed by atoms with Gasteiger partial charge in [0.25, 0.3) is 0 Å². The van der Waals surface area contributed by atoms with E-state index < -0.39 is 24.1 Å². The zero-order chi connectivity index (χ0) is 24.1. The standard InChI is InChI=1S/C21H23BCl2N4O5/c1-10(2)15-12(22-32-20(3,4)21(5,6)33-22)9-25-18(26-15)30-16-13(23)7-11(8-14(16)24)17-27-19(29)31-28-17/h7-10H,1-6H3,(H,27,28,29). The molecule has 1 aliphatic rings. The quantitative estimate of drug-likeness (QED) is 0.523. The molecule has 174 valence electrons. The molecule has 4 rings (SSSR count). The van der Waals surface area contributed by atoms with Gasteiger partial charge in [0.05, 0.1) is 21.2 Å². The van der Waals surface area contributed by atoms with E-state index in [1.807, 2.05) is 41.5 Å². The SMILES string of the molecule is CC(C)c1nc(Oc2c(Cl)cc(-c3noc(=O)[nH]3)cc2Cl)ncc1B1OC(C)(C)C(C)(C)O1. The molecular formula is C21H23BCl2N4O5. The first-order valence-electron chi connectivity index (χ1n) is 10.3. The van der Waals surface area contributed by atoms with Crippen LogP contribution in [0.4, 0.5) is 0 Å². The van der Waals surface area contributed by atoms with Crippen molar-refractivity contribution in [2.75, 3.05) is 0 Å². The zero-order valence-electron chi connectivity index (χ0n) is 19.0. The van der Waals surface area contributed by atoms with Crippen molar-refractivity contribution in [2.24, 2.45) is 0 Å². The van der Waals surface area contributed by atoms with E-state index in [1.165, 1.54) is 0 Å². The Kier molecular flexibility index (Phi) is 6.07. The Balaban J connectivity index is 1.65. The maximum atomic E-state index is 11.2. The minimum atomic E-state index is -0.686. The Bertz CT molecular complexity index is 1220. The van der Waals surface area contributed by atoms with E-state index in [0.29, 0.717) is 5.56 Å². The lowest BCUT2D eigenvalue weighted by atomic mass is 9.77. The molecule has 0 bridgehead atoms. The van der Waals surface area contributed by atoms with E-state index >= 15 is 0 Å². The summed E-state index contributed by atoms with van der Waals surface area (Å²) in [5.41, 5.74) is 0.944. The largest absolute Gasteiger partial charge is 0.498 e. The highest BCUT2D eigenvalue weighted by molar-refractivity contribution is 6.62. The number of hydrogen-bond acceptors (Lipinski definition) is 8. The molecule has 0 spiro atoms. The highest BCUT2D eigenvalue weighted by atomic mass is 35.5. The van der Waals surface area contributed by atoms with Crippen molar-refractivity contribution in [3.05, 3.63) is 44.6 Å². The predicted molar refractivity (Wildman–Crippen MR) is 124 cm³/mol. The summed E-state index contributed by atoms with van der Waals surface area (Å²) >= 11 is 12.8. The Labute approximate surface area is 200 Å². The Hall–Kier alpha value is -2.40. The van der Waals surface area contributed by atoms with E-state index in [4.69, 9.17) is 37.2 Å². The number of nitrogens with one attached hydrogen (secondary N) is 1. The van der Waals surface area contributed by atoms with Gasteiger partial charge in [-0.2, -0.15) is 4.98 Å². The molecule has 0 radical (unpaired) electrons. The van der Waals surface area contributed by atoms with Gasteiger partial charge in [-0.15, -0.1) is 0 Å². The number of H-pyrrole nitrogens is 1. The molecule has 0 atom stereocenters. The van der Waals surface area contributed by atoms with Gasteiger partial charge in [-0.25, -0.2) is 9.78 Å². The molecule has 1 fully saturated rings. The second-order valence-electron chi connectivity index (χ2n) is 9.05. The number of ether oxygens (including phenoxy) is 1. The van der Waals surface area contributed by atoms with Crippen molar-refractivity contribution < 1.29 is 18.6 Å². The van der Waals surface area contributed by atoms with Crippen LogP contribution in [0.5, 0.6) is 11.8 Å². The van der Waals surface area contributed by atoms with Crippen molar-refractivity contribution in [1.29, 1.82) is 0 Å². The third kappa shape index (κ3) is 4.53. The van der Waals surface area contributed by atoms with Crippen LogP contribution in [0, 0.1) is 0 Å². The van der Waals surface area contributed by atoms with Crippen LogP contribution in [0.25, 0.3) is 11.4 Å². The number of rotatable bonds is 5. The summed E-state index contributed by atoms with van der Waals surface area (Å²) in [6.07, 6.45) is 1.64. The summed E-state index contributed by atoms with van der Waals surface area (Å²) in [5.74, 6) is -0.276. The van der Waals surface area contributed by atoms with Gasteiger partial charge in [0, 0.05) is 22.9 Å². The van der Waals surface area contributed by atoms with Gasteiger partial charge >= 0.3 is 18.9 Å². The molecule has 3 heterocycles. The first kappa shape index (κ1) is 23.8. The Morgan fingerprint density at radius 3 is 2.21 bits per heavy atom. The van der Waals surface area contributed by atoms with Crippen LogP contribution < -0.4 is 16.0 Å². The second-order valence-corrected chi connectivity index (χ2v) is 9.87. The smallest absolute Gasteiger partial charge is 0.421 e. The van der Waals surface area contributed by atoms with Crippen LogP contribution in [0.2, 0.25) is 10.0 Å². The lowest BCUT2D eigenvalue weighted by Crippen LogP contribution is -2.41. The van der Waals surface area contributed by atoms with E-state index in [2.05, 4.69) is 24.6 Å². The van der Waals surface area contributed by atoms with E-state index in [9.17, 15) is 4.79 Å². The molecule has 2 aromatic heterocycles. The zero-order valence-corrected chi connectivity index (χ0v) is 20.5. The number of aromatic nitrogens is 4. The molecule has 0 unspecified atom stereocenters. The highest BCUT2D eigenvalue weighted by Gasteiger charge is 2.52. The van der Waals surface area contributed by atoms with Crippen LogP contribution in [-0.2, 0) is 9.31 Å². The molecule has 1 N–H and O–H groups in total. The minimum Gasteiger partial charge on any atom is -0.421 e.